The molecule has 0 saturated heterocycles. The molecule has 4 N–H and O–H groups in total. The minimum Gasteiger partial charge on any atom is -0.508 e. The molecule has 3 rings (SSSR count). The number of imidazole rings is 1. The fourth-order valence-corrected chi connectivity index (χ4v) is 1.55. The molecule has 0 fully saturated rings. The zero-order valence-electron chi connectivity index (χ0n) is 21.5. The Kier molecular flexibility index (Phi) is 16.8. The molecule has 0 aliphatic carbocycles. The first-order valence-electron chi connectivity index (χ1n) is 11.2. The number of aliphatic hydroxyl groups is 1. The monoisotopic (exact) mass is 499 g/mol. The first-order valence-corrected chi connectivity index (χ1v) is 14.5. The minimum atomic E-state index is -1.39. The zero-order chi connectivity index (χ0) is 26.6. The fraction of sp³-hybridized carbons (Fsp3) is 0.400. The molecule has 2 aromatic carbocycles. The van der Waals surface area contributed by atoms with Crippen molar-refractivity contribution in [2.75, 3.05) is 7.15 Å². The quantitative estimate of drug-likeness (QED) is 0.224. The molecule has 0 unspecified atom stereocenters. The van der Waals surface area contributed by atoms with Crippen molar-refractivity contribution in [3.63, 3.8) is 0 Å². The van der Waals surface area contributed by atoms with Gasteiger partial charge < -0.3 is 20.3 Å². The number of benzene rings is 2. The summed E-state index contributed by atoms with van der Waals surface area (Å²) >= 11 is 6.15. The van der Waals surface area contributed by atoms with Crippen LogP contribution in [0.2, 0.25) is 18.1 Å². The summed E-state index contributed by atoms with van der Waals surface area (Å²) in [6.07, 6.45) is 6.11. The molecular weight excluding hydrogens is 459 g/mol. The number of aliphatic hydroxyl groups excluding tert-OH is 1. The van der Waals surface area contributed by atoms with E-state index in [-0.39, 0.29) is 12.4 Å². The van der Waals surface area contributed by atoms with Crippen LogP contribution in [0.1, 0.15) is 40.2 Å². The van der Waals surface area contributed by atoms with Gasteiger partial charge in [-0.25, -0.2) is 4.98 Å². The predicted molar refractivity (Wildman–Crippen MR) is 140 cm³/mol. The Morgan fingerprint density at radius 2 is 1.39 bits per heavy atom. The number of alkyl halides is 1. The Morgan fingerprint density at radius 3 is 1.61 bits per heavy atom. The molecule has 0 amide bonds. The number of hydrogen-bond acceptors (Lipinski definition) is 4. The molecule has 0 radical (unpaired) electrons. The number of nitrogens with one attached hydrogen (secondary N) is 1. The molecule has 186 valence electrons. The van der Waals surface area contributed by atoms with Crippen LogP contribution in [0, 0.1) is 0 Å². The number of halogens is 2. The smallest absolute Gasteiger partial charge is 0.155 e. The van der Waals surface area contributed by atoms with E-state index >= 15 is 0 Å². The second-order valence-electron chi connectivity index (χ2n) is 8.33. The zero-order valence-corrected chi connectivity index (χ0v) is 22.3. The van der Waals surface area contributed by atoms with Crippen LogP contribution in [0.4, 0.5) is 4.39 Å². The Bertz CT molecular complexity index is 749. The number of aromatic hydroxyl groups is 2. The van der Waals surface area contributed by atoms with Crippen LogP contribution in [0.3, 0.4) is 0 Å². The summed E-state index contributed by atoms with van der Waals surface area (Å²) in [5, 5.41) is 26.5. The number of aromatic nitrogens is 2. The third-order valence-corrected chi connectivity index (χ3v) is 9.92. The number of phenolic OH excluding ortho intramolecular Hbond substituents is 2. The van der Waals surface area contributed by atoms with E-state index in [0.717, 1.165) is 12.0 Å². The van der Waals surface area contributed by atoms with Gasteiger partial charge in [-0.15, -0.1) is 0 Å². The lowest BCUT2D eigenvalue weighted by Gasteiger charge is -2.29. The van der Waals surface area contributed by atoms with Crippen LogP contribution >= 0.6 is 11.1 Å². The normalized spacial score (nSPS) is 10.4. The summed E-state index contributed by atoms with van der Waals surface area (Å²) in [5.41, 5.74) is 2.07. The summed E-state index contributed by atoms with van der Waals surface area (Å²) in [6.45, 7) is 13.1. The SMILES string of the molecule is CC(C)(C)[Si](C)(C)Cl.CCc1ccc(O)cc1.OCc1ccc(O)cc1.[2H]CF.c1c[nH]cn1. The van der Waals surface area contributed by atoms with Crippen LogP contribution in [0.5, 0.6) is 11.5 Å². The van der Waals surface area contributed by atoms with E-state index in [0.29, 0.717) is 10.8 Å². The summed E-state index contributed by atoms with van der Waals surface area (Å²) in [5.74, 6) is 0.569. The van der Waals surface area contributed by atoms with Gasteiger partial charge >= 0.3 is 0 Å². The second-order valence-corrected chi connectivity index (χ2v) is 15.6. The highest BCUT2D eigenvalue weighted by molar-refractivity contribution is 7.20. The highest BCUT2D eigenvalue weighted by Gasteiger charge is 2.32. The highest BCUT2D eigenvalue weighted by atomic mass is 35.6. The maximum atomic E-state index is 9.96. The first-order chi connectivity index (χ1) is 15.8. The van der Waals surface area contributed by atoms with E-state index in [9.17, 15) is 4.39 Å². The molecule has 0 bridgehead atoms. The Morgan fingerprint density at radius 1 is 1.00 bits per heavy atom. The van der Waals surface area contributed by atoms with Gasteiger partial charge in [0.1, 0.15) is 11.5 Å². The molecule has 0 atom stereocenters. The molecule has 3 aromatic rings. The fourth-order valence-electron chi connectivity index (χ4n) is 1.55. The van der Waals surface area contributed by atoms with Gasteiger partial charge in [-0.1, -0.05) is 65.1 Å². The molecule has 33 heavy (non-hydrogen) atoms. The third kappa shape index (κ3) is 17.8. The number of aryl methyl sites for hydroxylation is 1. The van der Waals surface area contributed by atoms with E-state index < -0.39 is 14.5 Å². The molecule has 1 heterocycles. The number of rotatable bonds is 2. The maximum Gasteiger partial charge on any atom is 0.155 e. The topological polar surface area (TPSA) is 89.4 Å². The number of nitrogens with zero attached hydrogens (tertiary/aromatic N) is 1. The van der Waals surface area contributed by atoms with Crippen molar-refractivity contribution >= 4 is 18.5 Å². The van der Waals surface area contributed by atoms with E-state index in [4.69, 9.17) is 27.8 Å². The van der Waals surface area contributed by atoms with Crippen molar-refractivity contribution in [3.05, 3.63) is 78.4 Å². The Balaban J connectivity index is 0. The van der Waals surface area contributed by atoms with Crippen molar-refractivity contribution in [1.82, 2.24) is 9.97 Å². The number of aromatic amines is 1. The van der Waals surface area contributed by atoms with Crippen LogP contribution in [0.15, 0.2) is 67.3 Å². The van der Waals surface area contributed by atoms with Gasteiger partial charge in [0.05, 0.1) is 21.5 Å². The van der Waals surface area contributed by atoms with Crippen molar-refractivity contribution in [1.29, 1.82) is 0 Å². The molecule has 0 saturated carbocycles. The van der Waals surface area contributed by atoms with Crippen molar-refractivity contribution < 1.29 is 21.1 Å². The largest absolute Gasteiger partial charge is 0.508 e. The molecule has 1 aromatic heterocycles. The van der Waals surface area contributed by atoms with Gasteiger partial charge in [-0.05, 0) is 46.9 Å². The molecular formula is C25H40ClFN2O3Si. The van der Waals surface area contributed by atoms with Crippen molar-refractivity contribution in [2.24, 2.45) is 0 Å². The lowest BCUT2D eigenvalue weighted by molar-refractivity contribution is 0.281. The van der Waals surface area contributed by atoms with Gasteiger partial charge in [0, 0.05) is 12.4 Å². The maximum absolute atomic E-state index is 9.96. The molecule has 0 aliphatic rings. The van der Waals surface area contributed by atoms with Gasteiger partial charge in [0.25, 0.3) is 0 Å². The van der Waals surface area contributed by atoms with Gasteiger partial charge in [0.15, 0.2) is 7.38 Å². The average Bonchev–Trinajstić information content (AvgIpc) is 3.35. The minimum absolute atomic E-state index is 0.0281. The van der Waals surface area contributed by atoms with E-state index in [1.54, 1.807) is 55.1 Å². The van der Waals surface area contributed by atoms with Gasteiger partial charge in [0.2, 0.25) is 0 Å². The highest BCUT2D eigenvalue weighted by Crippen LogP contribution is 2.38. The lowest BCUT2D eigenvalue weighted by atomic mass is 10.2. The molecule has 5 nitrogen and oxygen atoms in total. The van der Waals surface area contributed by atoms with E-state index in [2.05, 4.69) is 50.8 Å². The van der Waals surface area contributed by atoms with Crippen LogP contribution < -0.4 is 0 Å². The lowest BCUT2D eigenvalue weighted by Crippen LogP contribution is -2.29. The third-order valence-electron chi connectivity index (χ3n) is 4.65. The summed E-state index contributed by atoms with van der Waals surface area (Å²) in [4.78, 5) is 6.42. The Labute approximate surface area is 205 Å². The number of phenols is 2. The second kappa shape index (κ2) is 18.1. The molecule has 0 spiro atoms. The van der Waals surface area contributed by atoms with E-state index in [1.165, 1.54) is 5.56 Å². The molecule has 0 aliphatic heterocycles. The predicted octanol–water partition coefficient (Wildman–Crippen LogP) is 7.06. The van der Waals surface area contributed by atoms with Gasteiger partial charge in [-0.2, -0.15) is 11.1 Å². The number of H-pyrrole nitrogens is 1. The average molecular weight is 500 g/mol. The first kappa shape index (κ1) is 30.6. The van der Waals surface area contributed by atoms with Crippen LogP contribution in [-0.2, 0) is 13.0 Å². The van der Waals surface area contributed by atoms with Crippen LogP contribution in [0.25, 0.3) is 0 Å². The van der Waals surface area contributed by atoms with Crippen molar-refractivity contribution in [2.45, 2.75) is 58.9 Å². The summed E-state index contributed by atoms with van der Waals surface area (Å²) < 4.78 is 15.5. The molecule has 8 heteroatoms. The van der Waals surface area contributed by atoms with Crippen LogP contribution in [-0.4, -0.2) is 39.8 Å². The summed E-state index contributed by atoms with van der Waals surface area (Å²) in [7, 11) is -2.39. The Hall–Kier alpha value is -2.35. The van der Waals surface area contributed by atoms with Gasteiger partial charge in [-0.3, -0.25) is 4.39 Å². The number of hydrogen-bond donors (Lipinski definition) is 4. The van der Waals surface area contributed by atoms with Crippen molar-refractivity contribution in [3.8, 4) is 11.5 Å². The van der Waals surface area contributed by atoms with E-state index in [1.807, 2.05) is 12.1 Å². The standard InChI is InChI=1S/C8H10O.C7H8O2.C6H15ClSi.C3H4N2.CH3F/c1-2-7-3-5-8(9)6-4-7;8-5-6-1-3-7(9)4-2-6;1-6(2,3)8(4,5)7;1-2-5-3-4-1;1-2/h3-6,9H,2H2,1H3;1-4,8-9H,5H2;1-5H3;1-3H,(H,4,5);1H3/i;;;;1D. The summed E-state index contributed by atoms with van der Waals surface area (Å²) in [6, 6.07) is 13.7.